The van der Waals surface area contributed by atoms with Crippen molar-refractivity contribution in [2.45, 2.75) is 45.6 Å². The monoisotopic (exact) mass is 198 g/mol. The highest BCUT2D eigenvalue weighted by atomic mass is 16.2. The zero-order valence-electron chi connectivity index (χ0n) is 9.55. The van der Waals surface area contributed by atoms with Crippen molar-refractivity contribution in [3.05, 3.63) is 0 Å². The lowest BCUT2D eigenvalue weighted by Crippen LogP contribution is -2.54. The number of carbonyl (C=O) groups excluding carboxylic acids is 1. The molecule has 0 aliphatic carbocycles. The van der Waals surface area contributed by atoms with E-state index in [0.29, 0.717) is 5.92 Å². The molecule has 0 aromatic carbocycles. The first-order chi connectivity index (χ1) is 6.53. The molecule has 3 heteroatoms. The summed E-state index contributed by atoms with van der Waals surface area (Å²) in [5.41, 5.74) is 5.45. The van der Waals surface area contributed by atoms with Gasteiger partial charge in [-0.15, -0.1) is 0 Å². The van der Waals surface area contributed by atoms with Crippen LogP contribution in [0.1, 0.15) is 40.0 Å². The molecule has 1 heterocycles. The van der Waals surface area contributed by atoms with E-state index >= 15 is 0 Å². The minimum atomic E-state index is -0.621. The molecule has 1 unspecified atom stereocenters. The van der Waals surface area contributed by atoms with Crippen molar-refractivity contribution < 1.29 is 4.79 Å². The molecule has 0 aromatic rings. The summed E-state index contributed by atoms with van der Waals surface area (Å²) in [5.74, 6) is 0.781. The Morgan fingerprint density at radius 3 is 2.43 bits per heavy atom. The van der Waals surface area contributed by atoms with Crippen molar-refractivity contribution in [2.24, 2.45) is 11.7 Å². The summed E-state index contributed by atoms with van der Waals surface area (Å²) in [6.07, 6.45) is 2.58. The largest absolute Gasteiger partial charge is 0.341 e. The second kappa shape index (κ2) is 4.30. The summed E-state index contributed by atoms with van der Waals surface area (Å²) in [5, 5.41) is 0. The number of nitrogens with zero attached hydrogens (tertiary/aromatic N) is 1. The lowest BCUT2D eigenvalue weighted by atomic mass is 9.92. The van der Waals surface area contributed by atoms with E-state index < -0.39 is 5.54 Å². The molecule has 0 bridgehead atoms. The molecule has 1 rings (SSSR count). The maximum absolute atomic E-state index is 12.1. The van der Waals surface area contributed by atoms with Crippen LogP contribution in [0.3, 0.4) is 0 Å². The quantitative estimate of drug-likeness (QED) is 0.744. The standard InChI is InChI=1S/C11H22N2O/c1-4-11(12,5-2)10(14)13-7-6-9(3)8-13/h9H,4-8,12H2,1-3H3. The first-order valence-electron chi connectivity index (χ1n) is 5.61. The van der Waals surface area contributed by atoms with E-state index in [1.165, 1.54) is 0 Å². The lowest BCUT2D eigenvalue weighted by Gasteiger charge is -2.30. The maximum Gasteiger partial charge on any atom is 0.242 e. The van der Waals surface area contributed by atoms with Crippen LogP contribution < -0.4 is 5.73 Å². The minimum Gasteiger partial charge on any atom is -0.341 e. The third-order valence-corrected chi connectivity index (χ3v) is 3.40. The Labute approximate surface area is 86.6 Å². The maximum atomic E-state index is 12.1. The van der Waals surface area contributed by atoms with E-state index in [-0.39, 0.29) is 5.91 Å². The van der Waals surface area contributed by atoms with Crippen LogP contribution in [-0.2, 0) is 4.79 Å². The van der Waals surface area contributed by atoms with Crippen molar-refractivity contribution in [3.8, 4) is 0 Å². The molecule has 14 heavy (non-hydrogen) atoms. The second-order valence-electron chi connectivity index (χ2n) is 4.51. The first kappa shape index (κ1) is 11.5. The van der Waals surface area contributed by atoms with E-state index in [0.717, 1.165) is 32.4 Å². The SMILES string of the molecule is CCC(N)(CC)C(=O)N1CCC(C)C1. The van der Waals surface area contributed by atoms with Crippen LogP contribution in [0.2, 0.25) is 0 Å². The number of amides is 1. The predicted octanol–water partition coefficient (Wildman–Crippen LogP) is 1.37. The summed E-state index contributed by atoms with van der Waals surface area (Å²) in [4.78, 5) is 14.0. The number of nitrogens with two attached hydrogens (primary N) is 1. The Bertz CT molecular complexity index is 211. The van der Waals surface area contributed by atoms with Crippen LogP contribution in [0.5, 0.6) is 0 Å². The Morgan fingerprint density at radius 2 is 2.07 bits per heavy atom. The molecular formula is C11H22N2O. The molecule has 1 aliphatic heterocycles. The van der Waals surface area contributed by atoms with Crippen LogP contribution in [0.25, 0.3) is 0 Å². The van der Waals surface area contributed by atoms with Gasteiger partial charge in [0.25, 0.3) is 0 Å². The topological polar surface area (TPSA) is 46.3 Å². The van der Waals surface area contributed by atoms with Gasteiger partial charge in [0.05, 0.1) is 5.54 Å². The van der Waals surface area contributed by atoms with Crippen LogP contribution in [0.15, 0.2) is 0 Å². The molecule has 2 N–H and O–H groups in total. The van der Waals surface area contributed by atoms with E-state index in [1.54, 1.807) is 0 Å². The van der Waals surface area contributed by atoms with E-state index in [2.05, 4.69) is 6.92 Å². The molecule has 3 nitrogen and oxygen atoms in total. The van der Waals surface area contributed by atoms with Gasteiger partial charge in [0.1, 0.15) is 0 Å². The van der Waals surface area contributed by atoms with Crippen LogP contribution in [0.4, 0.5) is 0 Å². The summed E-state index contributed by atoms with van der Waals surface area (Å²) in [7, 11) is 0. The van der Waals surface area contributed by atoms with Crippen molar-refractivity contribution in [3.63, 3.8) is 0 Å². The van der Waals surface area contributed by atoms with Crippen LogP contribution >= 0.6 is 0 Å². The van der Waals surface area contributed by atoms with Crippen molar-refractivity contribution in [1.82, 2.24) is 4.90 Å². The highest BCUT2D eigenvalue weighted by Gasteiger charge is 2.36. The van der Waals surface area contributed by atoms with Gasteiger partial charge < -0.3 is 10.6 Å². The molecule has 0 saturated carbocycles. The number of hydrogen-bond donors (Lipinski definition) is 1. The fourth-order valence-corrected chi connectivity index (χ4v) is 1.99. The average Bonchev–Trinajstić information content (AvgIpc) is 2.62. The molecule has 0 aromatic heterocycles. The van der Waals surface area contributed by atoms with E-state index in [9.17, 15) is 4.79 Å². The van der Waals surface area contributed by atoms with Gasteiger partial charge in [-0.25, -0.2) is 0 Å². The Morgan fingerprint density at radius 1 is 1.50 bits per heavy atom. The Balaban J connectivity index is 2.64. The predicted molar refractivity (Wildman–Crippen MR) is 57.9 cm³/mol. The molecule has 1 saturated heterocycles. The van der Waals surface area contributed by atoms with Gasteiger partial charge in [-0.05, 0) is 25.2 Å². The summed E-state index contributed by atoms with van der Waals surface area (Å²) in [6, 6.07) is 0. The van der Waals surface area contributed by atoms with Crippen molar-refractivity contribution in [1.29, 1.82) is 0 Å². The van der Waals surface area contributed by atoms with Crippen LogP contribution in [0, 0.1) is 5.92 Å². The van der Waals surface area contributed by atoms with Gasteiger partial charge >= 0.3 is 0 Å². The highest BCUT2D eigenvalue weighted by molar-refractivity contribution is 5.86. The molecule has 1 amide bonds. The Kier molecular flexibility index (Phi) is 3.53. The van der Waals surface area contributed by atoms with Crippen molar-refractivity contribution >= 4 is 5.91 Å². The number of likely N-dealkylation sites (tertiary alicyclic amines) is 1. The number of carbonyl (C=O) groups is 1. The van der Waals surface area contributed by atoms with Gasteiger partial charge in [-0.2, -0.15) is 0 Å². The van der Waals surface area contributed by atoms with Gasteiger partial charge in [-0.1, -0.05) is 20.8 Å². The van der Waals surface area contributed by atoms with Crippen LogP contribution in [-0.4, -0.2) is 29.4 Å². The normalized spacial score (nSPS) is 22.9. The van der Waals surface area contributed by atoms with Crippen molar-refractivity contribution in [2.75, 3.05) is 13.1 Å². The lowest BCUT2D eigenvalue weighted by molar-refractivity contribution is -0.136. The molecule has 1 aliphatic rings. The fraction of sp³-hybridized carbons (Fsp3) is 0.909. The molecule has 1 atom stereocenters. The molecule has 0 spiro atoms. The number of rotatable bonds is 3. The van der Waals surface area contributed by atoms with Gasteiger partial charge in [0.15, 0.2) is 0 Å². The van der Waals surface area contributed by atoms with Gasteiger partial charge in [-0.3, -0.25) is 4.79 Å². The third kappa shape index (κ3) is 2.08. The second-order valence-corrected chi connectivity index (χ2v) is 4.51. The number of hydrogen-bond acceptors (Lipinski definition) is 2. The fourth-order valence-electron chi connectivity index (χ4n) is 1.99. The third-order valence-electron chi connectivity index (χ3n) is 3.40. The van der Waals surface area contributed by atoms with E-state index in [1.807, 2.05) is 18.7 Å². The highest BCUT2D eigenvalue weighted by Crippen LogP contribution is 2.21. The zero-order valence-corrected chi connectivity index (χ0v) is 9.55. The average molecular weight is 198 g/mol. The zero-order chi connectivity index (χ0) is 10.8. The molecule has 1 fully saturated rings. The molecule has 82 valence electrons. The molecular weight excluding hydrogens is 176 g/mol. The van der Waals surface area contributed by atoms with Gasteiger partial charge in [0, 0.05) is 13.1 Å². The Hall–Kier alpha value is -0.570. The first-order valence-corrected chi connectivity index (χ1v) is 5.61. The van der Waals surface area contributed by atoms with Gasteiger partial charge in [0.2, 0.25) is 5.91 Å². The smallest absolute Gasteiger partial charge is 0.242 e. The van der Waals surface area contributed by atoms with E-state index in [4.69, 9.17) is 5.73 Å². The molecule has 0 radical (unpaired) electrons. The minimum absolute atomic E-state index is 0.145. The summed E-state index contributed by atoms with van der Waals surface area (Å²) in [6.45, 7) is 7.93. The summed E-state index contributed by atoms with van der Waals surface area (Å²) >= 11 is 0. The summed E-state index contributed by atoms with van der Waals surface area (Å²) < 4.78 is 0.